The van der Waals surface area contributed by atoms with E-state index in [2.05, 4.69) is 41.1 Å². The molecule has 2 N–H and O–H groups in total. The molecule has 5 heteroatoms. The number of nitrogens with zero attached hydrogens (tertiary/aromatic N) is 2. The monoisotopic (exact) mass is 327 g/mol. The Balaban J connectivity index is 1.65. The van der Waals surface area contributed by atoms with Crippen LogP contribution in [0.15, 0.2) is 47.5 Å². The van der Waals surface area contributed by atoms with Crippen LogP contribution in [0, 0.1) is 6.92 Å². The quantitative estimate of drug-likeness (QED) is 0.936. The number of carbonyl (C=O) groups excluding carboxylic acids is 1. The third kappa shape index (κ3) is 3.67. The fraction of sp³-hybridized carbons (Fsp3) is 0.333. The third-order valence-electron chi connectivity index (χ3n) is 4.18. The zero-order valence-corrected chi connectivity index (χ0v) is 14.1. The van der Waals surface area contributed by atoms with Crippen LogP contribution in [0.1, 0.15) is 28.8 Å². The SMILES string of the molecule is Cc1ccccc1SC1CCN(c2ncccc2C(N)=O)CC1. The van der Waals surface area contributed by atoms with Gasteiger partial charge in [0.1, 0.15) is 5.82 Å². The number of pyridine rings is 1. The van der Waals surface area contributed by atoms with E-state index in [1.807, 2.05) is 11.8 Å². The summed E-state index contributed by atoms with van der Waals surface area (Å²) in [5.41, 5.74) is 7.30. The van der Waals surface area contributed by atoms with Crippen LogP contribution >= 0.6 is 11.8 Å². The molecule has 2 heterocycles. The molecule has 0 radical (unpaired) electrons. The molecular weight excluding hydrogens is 306 g/mol. The van der Waals surface area contributed by atoms with Crippen LogP contribution in [0.5, 0.6) is 0 Å². The Morgan fingerprint density at radius 2 is 1.96 bits per heavy atom. The number of piperidine rings is 1. The molecule has 1 aliphatic rings. The Labute approximate surface area is 141 Å². The van der Waals surface area contributed by atoms with Crippen molar-refractivity contribution in [2.45, 2.75) is 29.9 Å². The van der Waals surface area contributed by atoms with Crippen molar-refractivity contribution >= 4 is 23.5 Å². The Morgan fingerprint density at radius 1 is 1.22 bits per heavy atom. The van der Waals surface area contributed by atoms with Crippen LogP contribution in [0.3, 0.4) is 0 Å². The van der Waals surface area contributed by atoms with Gasteiger partial charge in [-0.2, -0.15) is 0 Å². The standard InChI is InChI=1S/C18H21N3OS/c1-13-5-2-3-7-16(13)23-14-8-11-21(12-9-14)18-15(17(19)22)6-4-10-20-18/h2-7,10,14H,8-9,11-12H2,1H3,(H2,19,22). The molecule has 1 amide bonds. The van der Waals surface area contributed by atoms with E-state index in [9.17, 15) is 4.79 Å². The summed E-state index contributed by atoms with van der Waals surface area (Å²) in [7, 11) is 0. The summed E-state index contributed by atoms with van der Waals surface area (Å²) in [4.78, 5) is 19.5. The minimum atomic E-state index is -0.412. The van der Waals surface area contributed by atoms with E-state index < -0.39 is 5.91 Å². The van der Waals surface area contributed by atoms with Gasteiger partial charge in [-0.1, -0.05) is 18.2 Å². The summed E-state index contributed by atoms with van der Waals surface area (Å²) >= 11 is 1.96. The van der Waals surface area contributed by atoms with Crippen molar-refractivity contribution in [1.82, 2.24) is 4.98 Å². The molecule has 23 heavy (non-hydrogen) atoms. The molecule has 0 bridgehead atoms. The Bertz CT molecular complexity index is 696. The number of anilines is 1. The van der Waals surface area contributed by atoms with E-state index in [1.165, 1.54) is 10.5 Å². The first-order valence-corrected chi connectivity index (χ1v) is 8.75. The molecule has 1 aromatic carbocycles. The van der Waals surface area contributed by atoms with E-state index >= 15 is 0 Å². The summed E-state index contributed by atoms with van der Waals surface area (Å²) in [6, 6.07) is 12.0. The molecule has 0 saturated carbocycles. The second-order valence-corrected chi connectivity index (χ2v) is 7.15. The Morgan fingerprint density at radius 3 is 2.65 bits per heavy atom. The number of primary amides is 1. The minimum absolute atomic E-state index is 0.412. The first-order valence-electron chi connectivity index (χ1n) is 7.87. The molecule has 1 aromatic heterocycles. The van der Waals surface area contributed by atoms with Gasteiger partial charge in [0.15, 0.2) is 0 Å². The van der Waals surface area contributed by atoms with Gasteiger partial charge in [-0.05, 0) is 43.5 Å². The van der Waals surface area contributed by atoms with Gasteiger partial charge >= 0.3 is 0 Å². The summed E-state index contributed by atoms with van der Waals surface area (Å²) in [6.45, 7) is 3.96. The number of amides is 1. The van der Waals surface area contributed by atoms with Crippen LogP contribution in [0.4, 0.5) is 5.82 Å². The average Bonchev–Trinajstić information content (AvgIpc) is 2.58. The lowest BCUT2D eigenvalue weighted by atomic mass is 10.1. The highest BCUT2D eigenvalue weighted by atomic mass is 32.2. The third-order valence-corrected chi connectivity index (χ3v) is 5.70. The number of aryl methyl sites for hydroxylation is 1. The summed E-state index contributed by atoms with van der Waals surface area (Å²) in [5, 5.41) is 0.605. The van der Waals surface area contributed by atoms with Crippen LogP contribution < -0.4 is 10.6 Å². The molecule has 1 aliphatic heterocycles. The smallest absolute Gasteiger partial charge is 0.252 e. The van der Waals surface area contributed by atoms with Crippen molar-refractivity contribution < 1.29 is 4.79 Å². The summed E-state index contributed by atoms with van der Waals surface area (Å²) < 4.78 is 0. The normalized spacial score (nSPS) is 15.6. The lowest BCUT2D eigenvalue weighted by Crippen LogP contribution is -2.36. The zero-order chi connectivity index (χ0) is 16.2. The summed E-state index contributed by atoms with van der Waals surface area (Å²) in [5.74, 6) is 0.309. The molecule has 2 aromatic rings. The lowest BCUT2D eigenvalue weighted by molar-refractivity contribution is 0.100. The summed E-state index contributed by atoms with van der Waals surface area (Å²) in [6.07, 6.45) is 3.87. The highest BCUT2D eigenvalue weighted by Crippen LogP contribution is 2.33. The molecule has 0 unspecified atom stereocenters. The van der Waals surface area contributed by atoms with E-state index in [0.29, 0.717) is 10.8 Å². The Kier molecular flexibility index (Phi) is 4.86. The second kappa shape index (κ2) is 7.04. The van der Waals surface area contributed by atoms with Crippen LogP contribution in [0.2, 0.25) is 0 Å². The highest BCUT2D eigenvalue weighted by molar-refractivity contribution is 8.00. The number of hydrogen-bond donors (Lipinski definition) is 1. The number of carbonyl (C=O) groups is 1. The van der Waals surface area contributed by atoms with E-state index in [0.717, 1.165) is 31.7 Å². The van der Waals surface area contributed by atoms with E-state index in [1.54, 1.807) is 18.3 Å². The highest BCUT2D eigenvalue weighted by Gasteiger charge is 2.23. The maximum atomic E-state index is 11.6. The van der Waals surface area contributed by atoms with Gasteiger partial charge in [0.25, 0.3) is 5.91 Å². The fourth-order valence-corrected chi connectivity index (χ4v) is 4.11. The van der Waals surface area contributed by atoms with Gasteiger partial charge < -0.3 is 10.6 Å². The number of hydrogen-bond acceptors (Lipinski definition) is 4. The zero-order valence-electron chi connectivity index (χ0n) is 13.2. The van der Waals surface area contributed by atoms with Crippen molar-refractivity contribution in [1.29, 1.82) is 0 Å². The first-order chi connectivity index (χ1) is 11.1. The molecule has 4 nitrogen and oxygen atoms in total. The molecule has 0 aliphatic carbocycles. The molecule has 3 rings (SSSR count). The largest absolute Gasteiger partial charge is 0.365 e. The molecule has 0 spiro atoms. The number of nitrogens with two attached hydrogens (primary N) is 1. The molecule has 1 fully saturated rings. The van der Waals surface area contributed by atoms with Gasteiger partial charge in [0, 0.05) is 29.4 Å². The van der Waals surface area contributed by atoms with Gasteiger partial charge in [-0.3, -0.25) is 4.79 Å². The van der Waals surface area contributed by atoms with E-state index in [-0.39, 0.29) is 0 Å². The van der Waals surface area contributed by atoms with Gasteiger partial charge in [0.05, 0.1) is 5.56 Å². The predicted octanol–water partition coefficient (Wildman–Crippen LogP) is 3.25. The van der Waals surface area contributed by atoms with Crippen molar-refractivity contribution in [2.75, 3.05) is 18.0 Å². The van der Waals surface area contributed by atoms with Crippen molar-refractivity contribution in [2.24, 2.45) is 5.73 Å². The number of aromatic nitrogens is 1. The molecule has 1 saturated heterocycles. The molecule has 0 atom stereocenters. The van der Waals surface area contributed by atoms with Crippen LogP contribution in [-0.2, 0) is 0 Å². The minimum Gasteiger partial charge on any atom is -0.365 e. The Hall–Kier alpha value is -2.01. The van der Waals surface area contributed by atoms with E-state index in [4.69, 9.17) is 5.73 Å². The second-order valence-electron chi connectivity index (χ2n) is 5.81. The first kappa shape index (κ1) is 15.9. The van der Waals surface area contributed by atoms with Crippen LogP contribution in [0.25, 0.3) is 0 Å². The fourth-order valence-electron chi connectivity index (χ4n) is 2.89. The average molecular weight is 327 g/mol. The maximum absolute atomic E-state index is 11.6. The lowest BCUT2D eigenvalue weighted by Gasteiger charge is -2.33. The van der Waals surface area contributed by atoms with Gasteiger partial charge in [-0.25, -0.2) is 4.98 Å². The van der Waals surface area contributed by atoms with Crippen molar-refractivity contribution in [3.8, 4) is 0 Å². The van der Waals surface area contributed by atoms with Gasteiger partial charge in [-0.15, -0.1) is 11.8 Å². The molecule has 120 valence electrons. The van der Waals surface area contributed by atoms with Crippen molar-refractivity contribution in [3.63, 3.8) is 0 Å². The maximum Gasteiger partial charge on any atom is 0.252 e. The number of benzene rings is 1. The number of rotatable bonds is 4. The topological polar surface area (TPSA) is 59.2 Å². The van der Waals surface area contributed by atoms with Gasteiger partial charge in [0.2, 0.25) is 0 Å². The van der Waals surface area contributed by atoms with Crippen LogP contribution in [-0.4, -0.2) is 29.2 Å². The van der Waals surface area contributed by atoms with Crippen molar-refractivity contribution in [3.05, 3.63) is 53.7 Å². The predicted molar refractivity (Wildman–Crippen MR) is 95.0 cm³/mol. The molecular formula is C18H21N3OS. The number of thioether (sulfide) groups is 1.